The minimum atomic E-state index is 0.516. The van der Waals surface area contributed by atoms with Crippen molar-refractivity contribution < 1.29 is 0 Å². The quantitative estimate of drug-likeness (QED) is 0.752. The van der Waals surface area contributed by atoms with Gasteiger partial charge in [-0.15, -0.1) is 5.10 Å². The Kier molecular flexibility index (Phi) is 3.77. The third-order valence-corrected chi connectivity index (χ3v) is 3.58. The number of anilines is 1. The average molecular weight is 320 g/mol. The molecule has 0 saturated carbocycles. The molecule has 0 atom stereocenters. The highest BCUT2D eigenvalue weighted by atomic mass is 35.5. The Hall–Kier alpha value is -2.11. The third-order valence-electron chi connectivity index (χ3n) is 3.01. The maximum atomic E-state index is 6.21. The number of nitrogens with zero attached hydrogens (tertiary/aromatic N) is 4. The number of nitrogens with two attached hydrogens (primary N) is 1. The van der Waals surface area contributed by atoms with Crippen molar-refractivity contribution in [2.75, 3.05) is 5.73 Å². The van der Waals surface area contributed by atoms with Gasteiger partial charge in [-0.1, -0.05) is 35.3 Å². The van der Waals surface area contributed by atoms with Crippen LogP contribution in [0.25, 0.3) is 11.4 Å². The largest absolute Gasteiger partial charge is 0.399 e. The molecule has 21 heavy (non-hydrogen) atoms. The number of aromatic nitrogens is 4. The highest BCUT2D eigenvalue weighted by Gasteiger charge is 2.13. The Balaban J connectivity index is 1.95. The fraction of sp³-hybridized carbons (Fsp3) is 0.0714. The van der Waals surface area contributed by atoms with E-state index in [0.717, 1.165) is 11.1 Å². The summed E-state index contributed by atoms with van der Waals surface area (Å²) in [5.41, 5.74) is 8.08. The van der Waals surface area contributed by atoms with Crippen molar-refractivity contribution in [1.82, 2.24) is 20.2 Å². The monoisotopic (exact) mass is 319 g/mol. The fourth-order valence-electron chi connectivity index (χ4n) is 1.98. The van der Waals surface area contributed by atoms with Crippen LogP contribution < -0.4 is 5.73 Å². The van der Waals surface area contributed by atoms with Crippen LogP contribution in [0.1, 0.15) is 5.56 Å². The van der Waals surface area contributed by atoms with E-state index in [4.69, 9.17) is 28.9 Å². The Morgan fingerprint density at radius 3 is 2.52 bits per heavy atom. The van der Waals surface area contributed by atoms with Gasteiger partial charge in [0.05, 0.1) is 11.6 Å². The summed E-state index contributed by atoms with van der Waals surface area (Å²) in [5, 5.41) is 13.0. The van der Waals surface area contributed by atoms with Gasteiger partial charge in [0.15, 0.2) is 5.82 Å². The van der Waals surface area contributed by atoms with E-state index in [0.29, 0.717) is 28.1 Å². The summed E-state index contributed by atoms with van der Waals surface area (Å²) in [6.45, 7) is 0.528. The van der Waals surface area contributed by atoms with Crippen LogP contribution >= 0.6 is 23.2 Å². The predicted octanol–water partition coefficient (Wildman–Crippen LogP) is 3.28. The lowest BCUT2D eigenvalue weighted by atomic mass is 10.2. The van der Waals surface area contributed by atoms with Gasteiger partial charge in [-0.2, -0.15) is 0 Å². The number of halogens is 2. The molecule has 0 aliphatic carbocycles. The van der Waals surface area contributed by atoms with Crippen molar-refractivity contribution in [2.45, 2.75) is 6.54 Å². The number of hydrogen-bond donors (Lipinski definition) is 1. The summed E-state index contributed by atoms with van der Waals surface area (Å²) in [4.78, 5) is 0. The molecule has 0 spiro atoms. The molecule has 0 radical (unpaired) electrons. The van der Waals surface area contributed by atoms with Gasteiger partial charge in [-0.05, 0) is 46.3 Å². The highest BCUT2D eigenvalue weighted by Crippen LogP contribution is 2.28. The molecule has 5 nitrogen and oxygen atoms in total. The smallest absolute Gasteiger partial charge is 0.183 e. The molecule has 3 aromatic rings. The Morgan fingerprint density at radius 1 is 1.05 bits per heavy atom. The van der Waals surface area contributed by atoms with Crippen molar-refractivity contribution in [3.63, 3.8) is 0 Å². The lowest BCUT2D eigenvalue weighted by molar-refractivity contribution is 0.653. The van der Waals surface area contributed by atoms with Crippen molar-refractivity contribution in [3.8, 4) is 11.4 Å². The summed E-state index contributed by atoms with van der Waals surface area (Å²) in [6, 6.07) is 12.8. The number of hydrogen-bond acceptors (Lipinski definition) is 4. The Labute approximate surface area is 131 Å². The van der Waals surface area contributed by atoms with Gasteiger partial charge < -0.3 is 5.73 Å². The van der Waals surface area contributed by atoms with Crippen LogP contribution in [-0.2, 0) is 6.54 Å². The number of tetrazole rings is 1. The second-order valence-electron chi connectivity index (χ2n) is 4.53. The summed E-state index contributed by atoms with van der Waals surface area (Å²) in [7, 11) is 0. The van der Waals surface area contributed by atoms with Gasteiger partial charge in [-0.3, -0.25) is 0 Å². The van der Waals surface area contributed by atoms with Crippen molar-refractivity contribution in [1.29, 1.82) is 0 Å². The van der Waals surface area contributed by atoms with E-state index in [1.807, 2.05) is 30.3 Å². The van der Waals surface area contributed by atoms with Gasteiger partial charge in [0.25, 0.3) is 0 Å². The molecule has 0 bridgehead atoms. The van der Waals surface area contributed by atoms with Gasteiger partial charge >= 0.3 is 0 Å². The molecule has 0 saturated heterocycles. The highest BCUT2D eigenvalue weighted by molar-refractivity contribution is 6.33. The van der Waals surface area contributed by atoms with Crippen LogP contribution in [0, 0.1) is 0 Å². The van der Waals surface area contributed by atoms with Crippen LogP contribution in [0.3, 0.4) is 0 Å². The van der Waals surface area contributed by atoms with E-state index in [9.17, 15) is 0 Å². The molecule has 7 heteroatoms. The van der Waals surface area contributed by atoms with Crippen molar-refractivity contribution in [3.05, 3.63) is 58.1 Å². The molecule has 1 aromatic heterocycles. The van der Waals surface area contributed by atoms with E-state index in [-0.39, 0.29) is 0 Å². The first-order valence-electron chi connectivity index (χ1n) is 6.19. The molecule has 0 aliphatic rings. The SMILES string of the molecule is Nc1ccc(-c2nnnn2Cc2ccc(Cl)cc2)c(Cl)c1. The molecule has 2 aromatic carbocycles. The van der Waals surface area contributed by atoms with Crippen LogP contribution in [-0.4, -0.2) is 20.2 Å². The Morgan fingerprint density at radius 2 is 1.81 bits per heavy atom. The molecule has 106 valence electrons. The summed E-state index contributed by atoms with van der Waals surface area (Å²) in [5.74, 6) is 0.593. The molecular formula is C14H11Cl2N5. The van der Waals surface area contributed by atoms with E-state index < -0.39 is 0 Å². The van der Waals surface area contributed by atoms with Crippen LogP contribution in [0.2, 0.25) is 10.0 Å². The van der Waals surface area contributed by atoms with E-state index in [1.165, 1.54) is 0 Å². The second kappa shape index (κ2) is 5.71. The van der Waals surface area contributed by atoms with Crippen LogP contribution in [0.4, 0.5) is 5.69 Å². The molecular weight excluding hydrogens is 309 g/mol. The number of rotatable bonds is 3. The first kappa shape index (κ1) is 13.9. The van der Waals surface area contributed by atoms with Crippen molar-refractivity contribution in [2.24, 2.45) is 0 Å². The lowest BCUT2D eigenvalue weighted by Gasteiger charge is -2.07. The molecule has 0 amide bonds. The molecule has 3 rings (SSSR count). The molecule has 1 heterocycles. The average Bonchev–Trinajstić information content (AvgIpc) is 2.89. The van der Waals surface area contributed by atoms with Gasteiger partial charge in [0, 0.05) is 16.3 Å². The summed E-state index contributed by atoms with van der Waals surface area (Å²) < 4.78 is 1.68. The maximum Gasteiger partial charge on any atom is 0.183 e. The van der Waals surface area contributed by atoms with E-state index in [2.05, 4.69) is 15.5 Å². The number of benzene rings is 2. The zero-order chi connectivity index (χ0) is 14.8. The Bertz CT molecular complexity index is 767. The van der Waals surface area contributed by atoms with Crippen LogP contribution in [0.5, 0.6) is 0 Å². The zero-order valence-corrected chi connectivity index (χ0v) is 12.4. The van der Waals surface area contributed by atoms with Gasteiger partial charge in [0.1, 0.15) is 0 Å². The summed E-state index contributed by atoms with van der Waals surface area (Å²) in [6.07, 6.45) is 0. The third kappa shape index (κ3) is 2.99. The van der Waals surface area contributed by atoms with Crippen LogP contribution in [0.15, 0.2) is 42.5 Å². The van der Waals surface area contributed by atoms with E-state index >= 15 is 0 Å². The van der Waals surface area contributed by atoms with Gasteiger partial charge in [0.2, 0.25) is 0 Å². The standard InChI is InChI=1S/C14H11Cl2N5/c15-10-3-1-9(2-4-10)8-21-14(18-19-20-21)12-6-5-11(17)7-13(12)16/h1-7H,8,17H2. The molecule has 0 aliphatic heterocycles. The second-order valence-corrected chi connectivity index (χ2v) is 5.37. The molecule has 2 N–H and O–H groups in total. The minimum absolute atomic E-state index is 0.516. The molecule has 0 unspecified atom stereocenters. The topological polar surface area (TPSA) is 69.6 Å². The van der Waals surface area contributed by atoms with E-state index in [1.54, 1.807) is 16.8 Å². The zero-order valence-electron chi connectivity index (χ0n) is 10.9. The molecule has 0 fully saturated rings. The normalized spacial score (nSPS) is 10.8. The first-order chi connectivity index (χ1) is 10.1. The number of nitrogen functional groups attached to an aromatic ring is 1. The lowest BCUT2D eigenvalue weighted by Crippen LogP contribution is -2.04. The first-order valence-corrected chi connectivity index (χ1v) is 6.95. The minimum Gasteiger partial charge on any atom is -0.399 e. The van der Waals surface area contributed by atoms with Gasteiger partial charge in [-0.25, -0.2) is 4.68 Å². The maximum absolute atomic E-state index is 6.21. The van der Waals surface area contributed by atoms with Crippen molar-refractivity contribution >= 4 is 28.9 Å². The fourth-order valence-corrected chi connectivity index (χ4v) is 2.38. The predicted molar refractivity (Wildman–Crippen MR) is 83.2 cm³/mol. The summed E-state index contributed by atoms with van der Waals surface area (Å²) >= 11 is 12.1.